The fraction of sp³-hybridized carbons (Fsp3) is 0.364. The summed E-state index contributed by atoms with van der Waals surface area (Å²) >= 11 is 0. The Morgan fingerprint density at radius 3 is 2.44 bits per heavy atom. The van der Waals surface area contributed by atoms with Gasteiger partial charge >= 0.3 is 0 Å². The predicted octanol–water partition coefficient (Wildman–Crippen LogP) is 1.75. The number of nitro benzene ring substituents is 1. The molecule has 1 aromatic rings. The highest BCUT2D eigenvalue weighted by Crippen LogP contribution is 2.38. The number of carbonyl (C=O) groups excluding carboxylic acids is 1. The third-order valence-corrected chi connectivity index (χ3v) is 2.55. The van der Waals surface area contributed by atoms with Crippen LogP contribution in [0, 0.1) is 10.1 Å². The number of rotatable bonds is 5. The van der Waals surface area contributed by atoms with Crippen LogP contribution in [0.25, 0.3) is 0 Å². The summed E-state index contributed by atoms with van der Waals surface area (Å²) in [5.41, 5.74) is 0.154. The molecule has 1 aromatic carbocycles. The van der Waals surface area contributed by atoms with Crippen LogP contribution in [0.5, 0.6) is 0 Å². The Balaban J connectivity index is 1.95. The van der Waals surface area contributed by atoms with Crippen molar-refractivity contribution >= 4 is 12.0 Å². The van der Waals surface area contributed by atoms with E-state index in [1.165, 1.54) is 12.1 Å². The van der Waals surface area contributed by atoms with Crippen molar-refractivity contribution in [2.45, 2.75) is 25.0 Å². The molecule has 0 amide bonds. The van der Waals surface area contributed by atoms with E-state index in [2.05, 4.69) is 0 Å². The minimum Gasteiger partial charge on any atom is -0.362 e. The fourth-order valence-corrected chi connectivity index (χ4v) is 1.32. The van der Waals surface area contributed by atoms with Crippen molar-refractivity contribution in [3.8, 4) is 0 Å². The molecule has 0 atom stereocenters. The van der Waals surface area contributed by atoms with Crippen molar-refractivity contribution in [3.05, 3.63) is 39.9 Å². The Hall–Kier alpha value is -1.75. The van der Waals surface area contributed by atoms with Crippen molar-refractivity contribution in [1.29, 1.82) is 0 Å². The van der Waals surface area contributed by atoms with Gasteiger partial charge in [0.25, 0.3) is 5.69 Å². The Kier molecular flexibility index (Phi) is 2.70. The van der Waals surface area contributed by atoms with Crippen LogP contribution in [0.15, 0.2) is 24.3 Å². The van der Waals surface area contributed by atoms with Crippen LogP contribution < -0.4 is 0 Å². The van der Waals surface area contributed by atoms with E-state index in [0.717, 1.165) is 5.56 Å². The molecule has 1 fully saturated rings. The molecule has 2 rings (SSSR count). The Morgan fingerprint density at radius 1 is 1.38 bits per heavy atom. The minimum absolute atomic E-state index is 0.0480. The molecule has 0 saturated heterocycles. The van der Waals surface area contributed by atoms with Gasteiger partial charge in [-0.25, -0.2) is 0 Å². The van der Waals surface area contributed by atoms with Crippen molar-refractivity contribution in [3.63, 3.8) is 0 Å². The molecule has 1 aliphatic rings. The number of ether oxygens (including phenoxy) is 1. The van der Waals surface area contributed by atoms with E-state index in [0.29, 0.717) is 12.8 Å². The quantitative estimate of drug-likeness (QED) is 0.560. The highest BCUT2D eigenvalue weighted by molar-refractivity contribution is 5.67. The molecular weight excluding hydrogens is 210 g/mol. The minimum atomic E-state index is -0.707. The van der Waals surface area contributed by atoms with Gasteiger partial charge in [-0.05, 0) is 30.5 Å². The first-order chi connectivity index (χ1) is 7.65. The van der Waals surface area contributed by atoms with E-state index in [4.69, 9.17) is 4.74 Å². The van der Waals surface area contributed by atoms with Crippen molar-refractivity contribution in [1.82, 2.24) is 0 Å². The van der Waals surface area contributed by atoms with Crippen LogP contribution in [0.4, 0.5) is 5.69 Å². The first kappa shape index (κ1) is 10.8. The first-order valence-electron chi connectivity index (χ1n) is 4.92. The number of benzene rings is 1. The van der Waals surface area contributed by atoms with Crippen LogP contribution in [-0.2, 0) is 16.1 Å². The molecule has 0 unspecified atom stereocenters. The average Bonchev–Trinajstić information content (AvgIpc) is 3.08. The second-order valence-electron chi connectivity index (χ2n) is 3.81. The maximum Gasteiger partial charge on any atom is 0.269 e. The van der Waals surface area contributed by atoms with Gasteiger partial charge in [0.2, 0.25) is 6.29 Å². The second-order valence-corrected chi connectivity index (χ2v) is 3.81. The average molecular weight is 220 g/mol. The molecule has 0 heterocycles. The highest BCUT2D eigenvalue weighted by atomic mass is 16.6. The SMILES string of the molecule is O=[C]C1(OCc2ccc([N+](=O)[O-])cc2)CC1. The lowest BCUT2D eigenvalue weighted by molar-refractivity contribution is -0.384. The maximum absolute atomic E-state index is 10.5. The monoisotopic (exact) mass is 220 g/mol. The Morgan fingerprint density at radius 2 is 2.00 bits per heavy atom. The van der Waals surface area contributed by atoms with Crippen molar-refractivity contribution in [2.75, 3.05) is 0 Å². The molecule has 16 heavy (non-hydrogen) atoms. The molecule has 0 spiro atoms. The summed E-state index contributed by atoms with van der Waals surface area (Å²) in [6, 6.07) is 6.09. The van der Waals surface area contributed by atoms with E-state index >= 15 is 0 Å². The molecule has 1 radical (unpaired) electrons. The first-order valence-corrected chi connectivity index (χ1v) is 4.92. The van der Waals surface area contributed by atoms with Crippen molar-refractivity contribution in [2.24, 2.45) is 0 Å². The van der Waals surface area contributed by atoms with E-state index in [-0.39, 0.29) is 12.3 Å². The van der Waals surface area contributed by atoms with Crippen LogP contribution >= 0.6 is 0 Å². The molecule has 1 aliphatic carbocycles. The smallest absolute Gasteiger partial charge is 0.269 e. The molecule has 1 saturated carbocycles. The van der Waals surface area contributed by atoms with Gasteiger partial charge in [0, 0.05) is 12.1 Å². The largest absolute Gasteiger partial charge is 0.362 e. The lowest BCUT2D eigenvalue weighted by atomic mass is 10.2. The Bertz CT molecular complexity index is 408. The summed E-state index contributed by atoms with van der Waals surface area (Å²) in [6.07, 6.45) is 3.30. The van der Waals surface area contributed by atoms with E-state index < -0.39 is 10.5 Å². The third kappa shape index (κ3) is 2.25. The molecule has 5 nitrogen and oxygen atoms in total. The number of hydrogen-bond donors (Lipinski definition) is 0. The number of non-ortho nitro benzene ring substituents is 1. The zero-order valence-electron chi connectivity index (χ0n) is 8.51. The molecule has 0 aromatic heterocycles. The predicted molar refractivity (Wildman–Crippen MR) is 55.5 cm³/mol. The summed E-state index contributed by atoms with van der Waals surface area (Å²) in [6.45, 7) is 0.285. The van der Waals surface area contributed by atoms with Gasteiger partial charge in [-0.1, -0.05) is 0 Å². The van der Waals surface area contributed by atoms with Gasteiger partial charge in [-0.3, -0.25) is 14.9 Å². The molecule has 0 N–H and O–H groups in total. The molecule has 0 bridgehead atoms. The summed E-state index contributed by atoms with van der Waals surface area (Å²) in [5, 5.41) is 10.4. The standard InChI is InChI=1S/C11H10NO4/c13-8-11(5-6-11)16-7-9-1-3-10(4-2-9)12(14)15/h1-4H,5-7H2. The van der Waals surface area contributed by atoms with Gasteiger partial charge in [-0.15, -0.1) is 0 Å². The third-order valence-electron chi connectivity index (χ3n) is 2.55. The zero-order valence-corrected chi connectivity index (χ0v) is 8.51. The lowest BCUT2D eigenvalue weighted by Gasteiger charge is -2.08. The summed E-state index contributed by atoms with van der Waals surface area (Å²) in [4.78, 5) is 20.5. The summed E-state index contributed by atoms with van der Waals surface area (Å²) < 4.78 is 5.38. The van der Waals surface area contributed by atoms with Crippen LogP contribution in [0.3, 0.4) is 0 Å². The molecule has 5 heteroatoms. The number of nitro groups is 1. The normalized spacial score (nSPS) is 16.8. The number of nitrogens with zero attached hydrogens (tertiary/aromatic N) is 1. The molecular formula is C11H10NO4. The molecule has 83 valence electrons. The van der Waals surface area contributed by atoms with E-state index in [1.807, 2.05) is 6.29 Å². The summed E-state index contributed by atoms with van der Waals surface area (Å²) in [5.74, 6) is 0. The second kappa shape index (κ2) is 4.02. The van der Waals surface area contributed by atoms with E-state index in [9.17, 15) is 14.9 Å². The van der Waals surface area contributed by atoms with Gasteiger partial charge in [0.05, 0.1) is 11.5 Å². The lowest BCUT2D eigenvalue weighted by Crippen LogP contribution is -2.15. The summed E-state index contributed by atoms with van der Waals surface area (Å²) in [7, 11) is 0. The maximum atomic E-state index is 10.5. The fourth-order valence-electron chi connectivity index (χ4n) is 1.32. The molecule has 0 aliphatic heterocycles. The van der Waals surface area contributed by atoms with Gasteiger partial charge in [-0.2, -0.15) is 0 Å². The van der Waals surface area contributed by atoms with Gasteiger partial charge < -0.3 is 4.74 Å². The van der Waals surface area contributed by atoms with Gasteiger partial charge in [0.1, 0.15) is 5.60 Å². The van der Waals surface area contributed by atoms with Crippen LogP contribution in [-0.4, -0.2) is 16.8 Å². The Labute approximate surface area is 92.2 Å². The van der Waals surface area contributed by atoms with Gasteiger partial charge in [0.15, 0.2) is 0 Å². The van der Waals surface area contributed by atoms with Crippen molar-refractivity contribution < 1.29 is 14.5 Å². The van der Waals surface area contributed by atoms with E-state index in [1.54, 1.807) is 12.1 Å². The highest BCUT2D eigenvalue weighted by Gasteiger charge is 2.45. The number of hydrogen-bond acceptors (Lipinski definition) is 4. The van der Waals surface area contributed by atoms with Crippen LogP contribution in [0.2, 0.25) is 0 Å². The zero-order chi connectivity index (χ0) is 11.6. The topological polar surface area (TPSA) is 69.4 Å². The van der Waals surface area contributed by atoms with Crippen LogP contribution in [0.1, 0.15) is 18.4 Å².